The van der Waals surface area contributed by atoms with Gasteiger partial charge in [0.2, 0.25) is 4.77 Å². The summed E-state index contributed by atoms with van der Waals surface area (Å²) in [6.07, 6.45) is 0. The fourth-order valence-corrected chi connectivity index (χ4v) is 5.04. The van der Waals surface area contributed by atoms with Gasteiger partial charge in [-0.05, 0) is 54.8 Å². The van der Waals surface area contributed by atoms with Gasteiger partial charge in [-0.25, -0.2) is 0 Å². The second-order valence-electron chi connectivity index (χ2n) is 5.89. The van der Waals surface area contributed by atoms with Crippen LogP contribution in [0.3, 0.4) is 0 Å². The molecular formula is C18H11ClN4OS3. The number of aromatic nitrogens is 4. The number of halogens is 1. The van der Waals surface area contributed by atoms with Crippen LogP contribution in [-0.4, -0.2) is 26.0 Å². The van der Waals surface area contributed by atoms with E-state index in [2.05, 4.69) is 4.98 Å². The van der Waals surface area contributed by atoms with Gasteiger partial charge < -0.3 is 9.72 Å². The summed E-state index contributed by atoms with van der Waals surface area (Å²) < 4.78 is 11.3. The molecule has 5 nitrogen and oxygen atoms in total. The molecule has 27 heavy (non-hydrogen) atoms. The van der Waals surface area contributed by atoms with E-state index < -0.39 is 0 Å². The summed E-state index contributed by atoms with van der Waals surface area (Å²) >= 11 is 19.0. The number of H-pyrrole nitrogens is 1. The fraction of sp³-hybridized carbons (Fsp3) is 0.0556. The quantitative estimate of drug-likeness (QED) is 0.352. The van der Waals surface area contributed by atoms with E-state index >= 15 is 0 Å². The predicted molar refractivity (Wildman–Crippen MR) is 115 cm³/mol. The number of imidazole rings is 1. The molecule has 5 rings (SSSR count). The van der Waals surface area contributed by atoms with Crippen LogP contribution in [0.5, 0.6) is 5.75 Å². The van der Waals surface area contributed by atoms with E-state index in [1.165, 1.54) is 11.3 Å². The Kier molecular flexibility index (Phi) is 3.83. The average molecular weight is 431 g/mol. The summed E-state index contributed by atoms with van der Waals surface area (Å²) in [6, 6.07) is 13.4. The fourth-order valence-electron chi connectivity index (χ4n) is 3.25. The number of hydrogen-bond acceptors (Lipinski definition) is 5. The topological polar surface area (TPSA) is 47.2 Å². The largest absolute Gasteiger partial charge is 0.495 e. The third-order valence-electron chi connectivity index (χ3n) is 4.40. The van der Waals surface area contributed by atoms with Gasteiger partial charge in [0.1, 0.15) is 16.1 Å². The molecule has 0 aliphatic rings. The van der Waals surface area contributed by atoms with E-state index in [0.29, 0.717) is 25.1 Å². The first kappa shape index (κ1) is 16.9. The van der Waals surface area contributed by atoms with Crippen molar-refractivity contribution in [3.63, 3.8) is 0 Å². The Hall–Kier alpha value is -2.26. The van der Waals surface area contributed by atoms with Gasteiger partial charge in [-0.15, -0.1) is 0 Å². The van der Waals surface area contributed by atoms with E-state index in [9.17, 15) is 0 Å². The van der Waals surface area contributed by atoms with Crippen LogP contribution in [-0.2, 0) is 0 Å². The lowest BCUT2D eigenvalue weighted by Crippen LogP contribution is -2.01. The summed E-state index contributed by atoms with van der Waals surface area (Å²) in [6.45, 7) is 0. The zero-order valence-corrected chi connectivity index (χ0v) is 17.1. The Morgan fingerprint density at radius 1 is 1.19 bits per heavy atom. The Balaban J connectivity index is 1.97. The molecule has 5 aromatic rings. The number of para-hydroxylation sites is 2. The van der Waals surface area contributed by atoms with Gasteiger partial charge in [0.15, 0.2) is 9.60 Å². The first-order valence-corrected chi connectivity index (χ1v) is 9.98. The van der Waals surface area contributed by atoms with E-state index in [0.717, 1.165) is 27.1 Å². The van der Waals surface area contributed by atoms with Gasteiger partial charge in [-0.3, -0.25) is 8.97 Å². The Bertz CT molecular complexity index is 1480. The van der Waals surface area contributed by atoms with Crippen molar-refractivity contribution in [3.05, 3.63) is 56.2 Å². The second kappa shape index (κ2) is 6.13. The molecule has 3 aromatic heterocycles. The minimum absolute atomic E-state index is 0.456. The summed E-state index contributed by atoms with van der Waals surface area (Å²) in [5.74, 6) is 0.660. The highest BCUT2D eigenvalue weighted by molar-refractivity contribution is 7.73. The second-order valence-corrected chi connectivity index (χ2v) is 8.34. The number of rotatable bonds is 2. The van der Waals surface area contributed by atoms with Crippen molar-refractivity contribution < 1.29 is 4.74 Å². The first-order chi connectivity index (χ1) is 13.1. The molecule has 2 aromatic carbocycles. The number of benzene rings is 2. The van der Waals surface area contributed by atoms with Crippen LogP contribution in [0, 0.1) is 8.73 Å². The van der Waals surface area contributed by atoms with E-state index in [4.69, 9.17) is 45.8 Å². The van der Waals surface area contributed by atoms with Crippen molar-refractivity contribution in [1.29, 1.82) is 0 Å². The van der Waals surface area contributed by atoms with Gasteiger partial charge >= 0.3 is 0 Å². The molecule has 0 aliphatic carbocycles. The lowest BCUT2D eigenvalue weighted by atomic mass is 10.3. The van der Waals surface area contributed by atoms with E-state index in [1.54, 1.807) is 13.2 Å². The highest BCUT2D eigenvalue weighted by Crippen LogP contribution is 2.34. The number of nitrogens with one attached hydrogen (secondary N) is 1. The molecule has 0 spiro atoms. The minimum Gasteiger partial charge on any atom is -0.495 e. The molecule has 0 radical (unpaired) electrons. The molecule has 1 N–H and O–H groups in total. The lowest BCUT2D eigenvalue weighted by Gasteiger charge is -2.10. The van der Waals surface area contributed by atoms with Gasteiger partial charge in [-0.1, -0.05) is 35.1 Å². The lowest BCUT2D eigenvalue weighted by molar-refractivity contribution is 0.413. The summed E-state index contributed by atoms with van der Waals surface area (Å²) in [4.78, 5) is 8.14. The van der Waals surface area contributed by atoms with Crippen molar-refractivity contribution >= 4 is 74.4 Å². The Labute approximate surface area is 172 Å². The highest BCUT2D eigenvalue weighted by atomic mass is 35.5. The van der Waals surface area contributed by atoms with Gasteiger partial charge in [0.05, 0.1) is 23.8 Å². The average Bonchev–Trinajstić information content (AvgIpc) is 3.19. The Morgan fingerprint density at radius 2 is 2.00 bits per heavy atom. The first-order valence-electron chi connectivity index (χ1n) is 7.97. The van der Waals surface area contributed by atoms with Crippen LogP contribution in [0.25, 0.3) is 32.7 Å². The van der Waals surface area contributed by atoms with Crippen molar-refractivity contribution in [3.8, 4) is 11.4 Å². The van der Waals surface area contributed by atoms with Crippen molar-refractivity contribution in [1.82, 2.24) is 18.9 Å². The van der Waals surface area contributed by atoms with Gasteiger partial charge in [0, 0.05) is 5.02 Å². The molecule has 0 saturated heterocycles. The Morgan fingerprint density at radius 3 is 2.81 bits per heavy atom. The number of hydrogen-bond donors (Lipinski definition) is 1. The summed E-state index contributed by atoms with van der Waals surface area (Å²) in [5.41, 5.74) is 4.27. The maximum absolute atomic E-state index is 6.22. The molecule has 0 fully saturated rings. The monoisotopic (exact) mass is 430 g/mol. The third-order valence-corrected chi connectivity index (χ3v) is 6.28. The minimum atomic E-state index is 0.456. The van der Waals surface area contributed by atoms with Gasteiger partial charge in [0.25, 0.3) is 0 Å². The number of nitrogens with zero attached hydrogens (tertiary/aromatic N) is 3. The number of aromatic amines is 1. The molecule has 0 amide bonds. The van der Waals surface area contributed by atoms with Crippen molar-refractivity contribution in [2.24, 2.45) is 0 Å². The molecule has 134 valence electrons. The molecule has 0 unspecified atom stereocenters. The third kappa shape index (κ3) is 2.45. The summed E-state index contributed by atoms with van der Waals surface area (Å²) in [5, 5.41) is 0.590. The van der Waals surface area contributed by atoms with Crippen molar-refractivity contribution in [2.45, 2.75) is 0 Å². The molecule has 9 heteroatoms. The molecular weight excluding hydrogens is 420 g/mol. The van der Waals surface area contributed by atoms with Gasteiger partial charge in [-0.2, -0.15) is 4.98 Å². The van der Waals surface area contributed by atoms with Crippen LogP contribution < -0.4 is 4.74 Å². The van der Waals surface area contributed by atoms with Crippen LogP contribution >= 0.6 is 47.4 Å². The molecule has 0 bridgehead atoms. The number of methoxy groups -OCH3 is 1. The van der Waals surface area contributed by atoms with Crippen LogP contribution in [0.15, 0.2) is 42.5 Å². The highest BCUT2D eigenvalue weighted by Gasteiger charge is 2.18. The molecule has 3 heterocycles. The number of ether oxygens (including phenoxy) is 1. The van der Waals surface area contributed by atoms with Crippen LogP contribution in [0.4, 0.5) is 0 Å². The van der Waals surface area contributed by atoms with E-state index in [-0.39, 0.29) is 0 Å². The molecule has 0 saturated carbocycles. The van der Waals surface area contributed by atoms with Crippen LogP contribution in [0.2, 0.25) is 5.02 Å². The smallest absolute Gasteiger partial charge is 0.207 e. The van der Waals surface area contributed by atoms with E-state index in [1.807, 2.05) is 45.4 Å². The van der Waals surface area contributed by atoms with Crippen LogP contribution in [0.1, 0.15) is 0 Å². The number of thiazole rings is 1. The normalized spacial score (nSPS) is 11.6. The maximum atomic E-state index is 6.22. The zero-order valence-electron chi connectivity index (χ0n) is 13.9. The van der Waals surface area contributed by atoms with Crippen molar-refractivity contribution in [2.75, 3.05) is 7.11 Å². The standard InChI is InChI=1S/C18H11ClN4OS3/c1-24-13-7-6-9(19)8-12(13)23-16-14(27-18(23)26)15-20-10-4-2-3-5-11(10)22(15)17(25)21-16/h2-8,20H,1H3. The number of fused-ring (bicyclic) bond motifs is 5. The summed E-state index contributed by atoms with van der Waals surface area (Å²) in [7, 11) is 1.61. The molecule has 0 aliphatic heterocycles. The zero-order chi connectivity index (χ0) is 18.7. The SMILES string of the molecule is COc1ccc(Cl)cc1-n1c(=S)sc2c1nc(=S)n1c3ccccc3[nH]c21. The predicted octanol–water partition coefficient (Wildman–Crippen LogP) is 5.94. The maximum Gasteiger partial charge on any atom is 0.207 e. The molecule has 0 atom stereocenters.